The van der Waals surface area contributed by atoms with Crippen molar-refractivity contribution < 1.29 is 19.1 Å². The third kappa shape index (κ3) is 4.22. The van der Waals surface area contributed by atoms with Crippen molar-refractivity contribution in [2.75, 3.05) is 23.9 Å². The van der Waals surface area contributed by atoms with Crippen LogP contribution in [0, 0.1) is 6.92 Å². The summed E-state index contributed by atoms with van der Waals surface area (Å²) in [6.45, 7) is 3.46. The van der Waals surface area contributed by atoms with Crippen molar-refractivity contribution in [2.24, 2.45) is 0 Å². The van der Waals surface area contributed by atoms with Crippen molar-refractivity contribution in [3.8, 4) is 22.8 Å². The first kappa shape index (κ1) is 21.1. The molecule has 0 aliphatic carbocycles. The highest BCUT2D eigenvalue weighted by atomic mass is 35.5. The van der Waals surface area contributed by atoms with Gasteiger partial charge in [0.05, 0.1) is 29.2 Å². The third-order valence-corrected chi connectivity index (χ3v) is 5.95. The van der Waals surface area contributed by atoms with Gasteiger partial charge >= 0.3 is 0 Å². The lowest BCUT2D eigenvalue weighted by Crippen LogP contribution is -2.49. The molecule has 0 saturated carbocycles. The van der Waals surface area contributed by atoms with Gasteiger partial charge in [0.1, 0.15) is 17.5 Å². The minimum absolute atomic E-state index is 0.139. The normalized spacial score (nSPS) is 13.9. The Morgan fingerprint density at radius 3 is 2.84 bits per heavy atom. The smallest absolute Gasteiger partial charge is 0.265 e. The summed E-state index contributed by atoms with van der Waals surface area (Å²) in [5.74, 6) is 0.326. The second-order valence-electron chi connectivity index (χ2n) is 7.00. The Morgan fingerprint density at radius 2 is 2.13 bits per heavy atom. The summed E-state index contributed by atoms with van der Waals surface area (Å²) in [5, 5.41) is 6.16. The minimum atomic E-state index is -0.800. The molecule has 0 bridgehead atoms. The summed E-state index contributed by atoms with van der Waals surface area (Å²) in [5.41, 5.74) is 2.61. The molecule has 31 heavy (non-hydrogen) atoms. The summed E-state index contributed by atoms with van der Waals surface area (Å²) in [6.07, 6.45) is 0. The molecule has 2 aromatic carbocycles. The number of nitrogens with zero attached hydrogens (tertiary/aromatic N) is 2. The van der Waals surface area contributed by atoms with Gasteiger partial charge in [0.2, 0.25) is 5.91 Å². The molecule has 160 valence electrons. The first-order valence-corrected chi connectivity index (χ1v) is 10.8. The number of amides is 2. The molecule has 0 radical (unpaired) electrons. The summed E-state index contributed by atoms with van der Waals surface area (Å²) in [6, 6.07) is 9.65. The van der Waals surface area contributed by atoms with Gasteiger partial charge in [0.15, 0.2) is 6.61 Å². The second kappa shape index (κ2) is 8.56. The number of rotatable bonds is 5. The molecule has 1 aliphatic rings. The molecule has 1 aromatic heterocycles. The van der Waals surface area contributed by atoms with Gasteiger partial charge in [-0.05, 0) is 50.2 Å². The van der Waals surface area contributed by atoms with Crippen LogP contribution < -0.4 is 19.7 Å². The molecule has 4 rings (SSSR count). The molecule has 3 aromatic rings. The van der Waals surface area contributed by atoms with Crippen LogP contribution in [-0.2, 0) is 9.59 Å². The first-order chi connectivity index (χ1) is 14.9. The molecule has 0 fully saturated rings. The predicted octanol–water partition coefficient (Wildman–Crippen LogP) is 4.53. The van der Waals surface area contributed by atoms with Gasteiger partial charge in [-0.25, -0.2) is 4.98 Å². The van der Waals surface area contributed by atoms with Crippen LogP contribution in [0.5, 0.6) is 11.5 Å². The van der Waals surface area contributed by atoms with Crippen molar-refractivity contribution in [1.29, 1.82) is 0 Å². The molecule has 1 aliphatic heterocycles. The molecule has 0 saturated heterocycles. The fourth-order valence-corrected chi connectivity index (χ4v) is 4.18. The Bertz CT molecular complexity index is 1160. The average molecular weight is 458 g/mol. The molecule has 9 heteroatoms. The maximum Gasteiger partial charge on any atom is 0.265 e. The van der Waals surface area contributed by atoms with E-state index in [1.807, 2.05) is 24.4 Å². The van der Waals surface area contributed by atoms with Crippen LogP contribution >= 0.6 is 22.9 Å². The van der Waals surface area contributed by atoms with E-state index in [-0.39, 0.29) is 18.4 Å². The number of hydrogen-bond acceptors (Lipinski definition) is 6. The van der Waals surface area contributed by atoms with Crippen molar-refractivity contribution in [3.63, 3.8) is 0 Å². The number of benzene rings is 2. The van der Waals surface area contributed by atoms with E-state index in [0.29, 0.717) is 27.9 Å². The Hall–Kier alpha value is -3.10. The molecule has 2 heterocycles. The molecule has 0 spiro atoms. The molecule has 1 N–H and O–H groups in total. The van der Waals surface area contributed by atoms with Crippen LogP contribution in [0.1, 0.15) is 11.9 Å². The number of thiazole rings is 1. The van der Waals surface area contributed by atoms with Crippen molar-refractivity contribution in [1.82, 2.24) is 4.98 Å². The minimum Gasteiger partial charge on any atom is -0.495 e. The summed E-state index contributed by atoms with van der Waals surface area (Å²) in [4.78, 5) is 31.8. The number of anilines is 2. The maximum absolute atomic E-state index is 13.0. The molecular weight excluding hydrogens is 438 g/mol. The van der Waals surface area contributed by atoms with E-state index in [2.05, 4.69) is 10.3 Å². The van der Waals surface area contributed by atoms with Gasteiger partial charge in [0.25, 0.3) is 5.91 Å². The lowest BCUT2D eigenvalue weighted by atomic mass is 10.1. The highest BCUT2D eigenvalue weighted by Gasteiger charge is 2.33. The molecule has 2 amide bonds. The number of hydrogen-bond donors (Lipinski definition) is 1. The van der Waals surface area contributed by atoms with Gasteiger partial charge in [-0.2, -0.15) is 0 Å². The van der Waals surface area contributed by atoms with Crippen LogP contribution in [0.3, 0.4) is 0 Å². The zero-order valence-electron chi connectivity index (χ0n) is 17.1. The van der Waals surface area contributed by atoms with E-state index < -0.39 is 6.04 Å². The number of nitrogens with one attached hydrogen (secondary N) is 1. The zero-order chi connectivity index (χ0) is 22.1. The number of carbonyl (C=O) groups is 2. The molecule has 1 atom stereocenters. The standard InChI is InChI=1S/C22H20ClN3O4S/c1-12(22(28)25-16-9-15(23)5-7-19(16)29-3)26-18-8-14(17-11-31-13(2)24-17)4-6-20(18)30-10-21(26)27/h4-9,11-12H,10H2,1-3H3,(H,25,28). The van der Waals surface area contributed by atoms with Gasteiger partial charge in [-0.15, -0.1) is 11.3 Å². The van der Waals surface area contributed by atoms with Gasteiger partial charge in [-0.1, -0.05) is 11.6 Å². The fourth-order valence-electron chi connectivity index (χ4n) is 3.38. The first-order valence-electron chi connectivity index (χ1n) is 9.53. The predicted molar refractivity (Wildman–Crippen MR) is 121 cm³/mol. The third-order valence-electron chi connectivity index (χ3n) is 4.94. The van der Waals surface area contributed by atoms with Crippen LogP contribution in [-0.4, -0.2) is 36.6 Å². The molecule has 1 unspecified atom stereocenters. The van der Waals surface area contributed by atoms with E-state index in [1.54, 1.807) is 42.5 Å². The Kier molecular flexibility index (Phi) is 5.84. The number of halogens is 1. The van der Waals surface area contributed by atoms with Crippen molar-refractivity contribution >= 4 is 46.1 Å². The van der Waals surface area contributed by atoms with Crippen LogP contribution in [0.4, 0.5) is 11.4 Å². The average Bonchev–Trinajstić information content (AvgIpc) is 3.19. The van der Waals surface area contributed by atoms with Crippen LogP contribution in [0.2, 0.25) is 5.02 Å². The van der Waals surface area contributed by atoms with Crippen LogP contribution in [0.15, 0.2) is 41.8 Å². The number of aromatic nitrogens is 1. The van der Waals surface area contributed by atoms with E-state index in [0.717, 1.165) is 16.3 Å². The Balaban J connectivity index is 1.65. The number of ether oxygens (including phenoxy) is 2. The molecule has 7 nitrogen and oxygen atoms in total. The largest absolute Gasteiger partial charge is 0.495 e. The van der Waals surface area contributed by atoms with E-state index in [4.69, 9.17) is 21.1 Å². The van der Waals surface area contributed by atoms with E-state index in [9.17, 15) is 9.59 Å². The van der Waals surface area contributed by atoms with Crippen LogP contribution in [0.25, 0.3) is 11.3 Å². The lowest BCUT2D eigenvalue weighted by molar-refractivity contribution is -0.125. The van der Waals surface area contributed by atoms with Gasteiger partial charge in [-0.3, -0.25) is 14.5 Å². The number of methoxy groups -OCH3 is 1. The zero-order valence-corrected chi connectivity index (χ0v) is 18.7. The highest BCUT2D eigenvalue weighted by Crippen LogP contribution is 2.38. The van der Waals surface area contributed by atoms with Crippen molar-refractivity contribution in [2.45, 2.75) is 19.9 Å². The van der Waals surface area contributed by atoms with E-state index >= 15 is 0 Å². The number of carbonyl (C=O) groups excluding carboxylic acids is 2. The fraction of sp³-hybridized carbons (Fsp3) is 0.227. The van der Waals surface area contributed by atoms with Gasteiger partial charge < -0.3 is 14.8 Å². The summed E-state index contributed by atoms with van der Waals surface area (Å²) < 4.78 is 10.9. The van der Waals surface area contributed by atoms with Gasteiger partial charge in [0, 0.05) is 16.0 Å². The maximum atomic E-state index is 13.0. The monoisotopic (exact) mass is 457 g/mol. The van der Waals surface area contributed by atoms with Crippen molar-refractivity contribution in [3.05, 3.63) is 51.8 Å². The van der Waals surface area contributed by atoms with E-state index in [1.165, 1.54) is 12.0 Å². The Labute approximate surface area is 188 Å². The number of fused-ring (bicyclic) bond motifs is 1. The highest BCUT2D eigenvalue weighted by molar-refractivity contribution is 7.09. The summed E-state index contributed by atoms with van der Waals surface area (Å²) >= 11 is 7.61. The summed E-state index contributed by atoms with van der Waals surface area (Å²) in [7, 11) is 1.51. The topological polar surface area (TPSA) is 80.8 Å². The lowest BCUT2D eigenvalue weighted by Gasteiger charge is -2.33. The Morgan fingerprint density at radius 1 is 1.32 bits per heavy atom. The SMILES string of the molecule is COc1ccc(Cl)cc1NC(=O)C(C)N1C(=O)COc2ccc(-c3csc(C)n3)cc21. The number of aryl methyl sites for hydroxylation is 1. The quantitative estimate of drug-likeness (QED) is 0.608. The molecular formula is C22H20ClN3O4S. The second-order valence-corrected chi connectivity index (χ2v) is 8.50.